The second-order valence-electron chi connectivity index (χ2n) is 2.94. The SMILES string of the molecule is CC(C)n1nc(CO)c(N)c1N. The maximum Gasteiger partial charge on any atom is 0.145 e. The predicted octanol–water partition coefficient (Wildman–Crippen LogP) is 0.121. The molecule has 0 saturated heterocycles. The first kappa shape index (κ1) is 8.86. The minimum absolute atomic E-state index is 0.160. The number of aliphatic hydroxyl groups is 1. The van der Waals surface area contributed by atoms with Crippen molar-refractivity contribution in [3.63, 3.8) is 0 Å². The summed E-state index contributed by atoms with van der Waals surface area (Å²) in [4.78, 5) is 0. The second-order valence-corrected chi connectivity index (χ2v) is 2.94. The molecule has 0 aliphatic heterocycles. The molecule has 0 fully saturated rings. The van der Waals surface area contributed by atoms with Crippen molar-refractivity contribution < 1.29 is 5.11 Å². The van der Waals surface area contributed by atoms with Crippen LogP contribution in [0, 0.1) is 0 Å². The number of aromatic nitrogens is 2. The van der Waals surface area contributed by atoms with Crippen molar-refractivity contribution in [1.82, 2.24) is 9.78 Å². The molecule has 0 aromatic carbocycles. The van der Waals surface area contributed by atoms with Crippen LogP contribution in [0.25, 0.3) is 0 Å². The second kappa shape index (κ2) is 3.02. The van der Waals surface area contributed by atoms with Crippen LogP contribution in [0.4, 0.5) is 11.5 Å². The van der Waals surface area contributed by atoms with E-state index in [1.54, 1.807) is 4.68 Å². The van der Waals surface area contributed by atoms with Crippen LogP contribution in [0.1, 0.15) is 25.6 Å². The number of hydrogen-bond donors (Lipinski definition) is 3. The molecule has 1 rings (SSSR count). The van der Waals surface area contributed by atoms with Gasteiger partial charge in [0.05, 0.1) is 6.61 Å². The van der Waals surface area contributed by atoms with E-state index < -0.39 is 0 Å². The lowest BCUT2D eigenvalue weighted by Gasteiger charge is -2.06. The molecule has 5 N–H and O–H groups in total. The van der Waals surface area contributed by atoms with E-state index in [2.05, 4.69) is 5.10 Å². The van der Waals surface area contributed by atoms with Gasteiger partial charge in [0.15, 0.2) is 0 Å². The van der Waals surface area contributed by atoms with Crippen molar-refractivity contribution in [2.24, 2.45) is 0 Å². The Kier molecular flexibility index (Phi) is 2.23. The van der Waals surface area contributed by atoms with E-state index in [1.807, 2.05) is 13.8 Å². The Morgan fingerprint density at radius 3 is 2.33 bits per heavy atom. The van der Waals surface area contributed by atoms with Gasteiger partial charge in [0.1, 0.15) is 17.2 Å². The molecule has 0 unspecified atom stereocenters. The Labute approximate surface area is 71.0 Å². The maximum atomic E-state index is 8.83. The third kappa shape index (κ3) is 1.23. The molecule has 1 heterocycles. The summed E-state index contributed by atoms with van der Waals surface area (Å²) in [7, 11) is 0. The lowest BCUT2D eigenvalue weighted by atomic mass is 10.3. The molecule has 0 aliphatic carbocycles. The zero-order chi connectivity index (χ0) is 9.30. The van der Waals surface area contributed by atoms with Gasteiger partial charge < -0.3 is 16.6 Å². The van der Waals surface area contributed by atoms with E-state index >= 15 is 0 Å². The number of nitrogen functional groups attached to an aromatic ring is 2. The highest BCUT2D eigenvalue weighted by Crippen LogP contribution is 2.22. The third-order valence-electron chi connectivity index (χ3n) is 1.70. The molecular formula is C7H14N4O. The van der Waals surface area contributed by atoms with Gasteiger partial charge in [0.25, 0.3) is 0 Å². The Morgan fingerprint density at radius 1 is 1.50 bits per heavy atom. The Balaban J connectivity index is 3.16. The smallest absolute Gasteiger partial charge is 0.145 e. The van der Waals surface area contributed by atoms with Crippen LogP contribution in [0.3, 0.4) is 0 Å². The van der Waals surface area contributed by atoms with Gasteiger partial charge in [0.2, 0.25) is 0 Å². The highest BCUT2D eigenvalue weighted by molar-refractivity contribution is 5.62. The average molecular weight is 170 g/mol. The van der Waals surface area contributed by atoms with Crippen LogP contribution in [0.15, 0.2) is 0 Å². The van der Waals surface area contributed by atoms with Crippen LogP contribution >= 0.6 is 0 Å². The molecule has 5 heteroatoms. The van der Waals surface area contributed by atoms with E-state index in [9.17, 15) is 0 Å². The van der Waals surface area contributed by atoms with Gasteiger partial charge in [-0.05, 0) is 13.8 Å². The predicted molar refractivity (Wildman–Crippen MR) is 47.4 cm³/mol. The van der Waals surface area contributed by atoms with Crippen molar-refractivity contribution in [1.29, 1.82) is 0 Å². The monoisotopic (exact) mass is 170 g/mol. The number of nitrogens with zero attached hydrogens (tertiary/aromatic N) is 2. The van der Waals surface area contributed by atoms with E-state index in [4.69, 9.17) is 16.6 Å². The van der Waals surface area contributed by atoms with Crippen molar-refractivity contribution in [2.75, 3.05) is 11.5 Å². The van der Waals surface area contributed by atoms with Crippen LogP contribution in [-0.4, -0.2) is 14.9 Å². The molecule has 0 bridgehead atoms. The highest BCUT2D eigenvalue weighted by atomic mass is 16.3. The summed E-state index contributed by atoms with van der Waals surface area (Å²) in [5.74, 6) is 0.425. The number of aliphatic hydroxyl groups excluding tert-OH is 1. The summed E-state index contributed by atoms with van der Waals surface area (Å²) in [6.45, 7) is 3.73. The van der Waals surface area contributed by atoms with Crippen LogP contribution in [-0.2, 0) is 6.61 Å². The molecule has 5 nitrogen and oxygen atoms in total. The largest absolute Gasteiger partial charge is 0.394 e. The zero-order valence-corrected chi connectivity index (χ0v) is 7.28. The van der Waals surface area contributed by atoms with Gasteiger partial charge >= 0.3 is 0 Å². The summed E-state index contributed by atoms with van der Waals surface area (Å²) >= 11 is 0. The van der Waals surface area contributed by atoms with Gasteiger partial charge in [0, 0.05) is 6.04 Å². The number of hydrogen-bond acceptors (Lipinski definition) is 4. The topological polar surface area (TPSA) is 90.1 Å². The molecule has 0 radical (unpaired) electrons. The summed E-state index contributed by atoms with van der Waals surface area (Å²) in [5.41, 5.74) is 12.1. The van der Waals surface area contributed by atoms with Gasteiger partial charge in [-0.25, -0.2) is 4.68 Å². The van der Waals surface area contributed by atoms with Crippen molar-refractivity contribution in [3.8, 4) is 0 Å². The number of nitrogens with two attached hydrogens (primary N) is 2. The fourth-order valence-electron chi connectivity index (χ4n) is 1.02. The first-order chi connectivity index (χ1) is 5.57. The lowest BCUT2D eigenvalue weighted by Crippen LogP contribution is -2.07. The molecule has 12 heavy (non-hydrogen) atoms. The highest BCUT2D eigenvalue weighted by Gasteiger charge is 2.12. The minimum Gasteiger partial charge on any atom is -0.394 e. The van der Waals surface area contributed by atoms with E-state index in [0.717, 1.165) is 0 Å². The molecule has 0 atom stereocenters. The minimum atomic E-state index is -0.171. The maximum absolute atomic E-state index is 8.83. The summed E-state index contributed by atoms with van der Waals surface area (Å²) in [6, 6.07) is 0.160. The fourth-order valence-corrected chi connectivity index (χ4v) is 1.02. The molecule has 68 valence electrons. The Morgan fingerprint density at radius 2 is 2.08 bits per heavy atom. The van der Waals surface area contributed by atoms with Crippen molar-refractivity contribution in [3.05, 3.63) is 5.69 Å². The first-order valence-corrected chi connectivity index (χ1v) is 3.81. The van der Waals surface area contributed by atoms with Crippen molar-refractivity contribution in [2.45, 2.75) is 26.5 Å². The molecule has 0 saturated carbocycles. The summed E-state index contributed by atoms with van der Waals surface area (Å²) < 4.78 is 1.60. The summed E-state index contributed by atoms with van der Waals surface area (Å²) in [6.07, 6.45) is 0. The zero-order valence-electron chi connectivity index (χ0n) is 7.28. The first-order valence-electron chi connectivity index (χ1n) is 3.81. The lowest BCUT2D eigenvalue weighted by molar-refractivity contribution is 0.275. The van der Waals surface area contributed by atoms with E-state index in [-0.39, 0.29) is 12.6 Å². The number of anilines is 2. The quantitative estimate of drug-likeness (QED) is 0.588. The van der Waals surface area contributed by atoms with Crippen LogP contribution in [0.2, 0.25) is 0 Å². The normalized spacial score (nSPS) is 11.0. The third-order valence-corrected chi connectivity index (χ3v) is 1.70. The van der Waals surface area contributed by atoms with E-state index in [1.165, 1.54) is 0 Å². The molecule has 0 spiro atoms. The molecule has 1 aromatic rings. The molecule has 1 aromatic heterocycles. The van der Waals surface area contributed by atoms with E-state index in [0.29, 0.717) is 17.2 Å². The van der Waals surface area contributed by atoms with Crippen LogP contribution < -0.4 is 11.5 Å². The van der Waals surface area contributed by atoms with Gasteiger partial charge in [-0.2, -0.15) is 5.10 Å². The Bertz CT molecular complexity index is 279. The summed E-state index contributed by atoms with van der Waals surface area (Å²) in [5, 5.41) is 12.9. The Hall–Kier alpha value is -1.23. The number of rotatable bonds is 2. The van der Waals surface area contributed by atoms with Crippen molar-refractivity contribution >= 4 is 11.5 Å². The van der Waals surface area contributed by atoms with Crippen LogP contribution in [0.5, 0.6) is 0 Å². The standard InChI is InChI=1S/C7H14N4O/c1-4(2)11-7(9)6(8)5(3-12)10-11/h4,12H,3,8-9H2,1-2H3. The van der Waals surface area contributed by atoms with Gasteiger partial charge in [-0.3, -0.25) is 0 Å². The average Bonchev–Trinajstić information content (AvgIpc) is 2.30. The fraction of sp³-hybridized carbons (Fsp3) is 0.571. The van der Waals surface area contributed by atoms with Gasteiger partial charge in [-0.1, -0.05) is 0 Å². The molecule has 0 aliphatic rings. The molecular weight excluding hydrogens is 156 g/mol. The molecule has 0 amide bonds. The van der Waals surface area contributed by atoms with Gasteiger partial charge in [-0.15, -0.1) is 0 Å².